The number of alkyl halides is 1. The standard InChI is InChI=1S/C8H8ClF/c9-8-6-2-1-5(3-6)4-7(8)10/h1-2,4-6,8H,3H2. The fourth-order valence-corrected chi connectivity index (χ4v) is 1.86. The minimum Gasteiger partial charge on any atom is -0.210 e. The van der Waals surface area contributed by atoms with E-state index in [1.165, 1.54) is 0 Å². The number of halogens is 2. The van der Waals surface area contributed by atoms with Gasteiger partial charge in [0.25, 0.3) is 0 Å². The van der Waals surface area contributed by atoms with Crippen molar-refractivity contribution < 1.29 is 4.39 Å². The van der Waals surface area contributed by atoms with Crippen molar-refractivity contribution in [3.05, 3.63) is 24.1 Å². The number of hydrogen-bond donors (Lipinski definition) is 0. The molecule has 2 bridgehead atoms. The first-order chi connectivity index (χ1) is 4.77. The Balaban J connectivity index is 2.32. The van der Waals surface area contributed by atoms with E-state index in [1.807, 2.05) is 12.2 Å². The first kappa shape index (κ1) is 6.41. The summed E-state index contributed by atoms with van der Waals surface area (Å²) in [5, 5.41) is -0.394. The van der Waals surface area contributed by atoms with Crippen LogP contribution < -0.4 is 0 Å². The predicted octanol–water partition coefficient (Wildman–Crippen LogP) is 2.65. The normalized spacial score (nSPS) is 43.8. The van der Waals surface area contributed by atoms with Crippen molar-refractivity contribution in [3.63, 3.8) is 0 Å². The van der Waals surface area contributed by atoms with Gasteiger partial charge in [0.2, 0.25) is 0 Å². The maximum atomic E-state index is 12.8. The minimum atomic E-state index is -0.394. The molecule has 3 unspecified atom stereocenters. The van der Waals surface area contributed by atoms with E-state index < -0.39 is 5.38 Å². The molecule has 0 saturated heterocycles. The van der Waals surface area contributed by atoms with Gasteiger partial charge in [-0.05, 0) is 18.4 Å². The molecule has 0 heterocycles. The molecule has 0 amide bonds. The molecule has 2 aliphatic rings. The van der Waals surface area contributed by atoms with Crippen molar-refractivity contribution in [2.24, 2.45) is 11.8 Å². The molecule has 0 aromatic heterocycles. The maximum Gasteiger partial charge on any atom is 0.115 e. The van der Waals surface area contributed by atoms with E-state index in [0.717, 1.165) is 6.42 Å². The van der Waals surface area contributed by atoms with Gasteiger partial charge in [0.05, 0.1) is 5.38 Å². The molecule has 0 saturated carbocycles. The van der Waals surface area contributed by atoms with Gasteiger partial charge in [-0.15, -0.1) is 11.6 Å². The van der Waals surface area contributed by atoms with Crippen LogP contribution in [-0.2, 0) is 0 Å². The van der Waals surface area contributed by atoms with Crippen molar-refractivity contribution in [3.8, 4) is 0 Å². The first-order valence-electron chi connectivity index (χ1n) is 3.47. The van der Waals surface area contributed by atoms with E-state index in [0.29, 0.717) is 5.92 Å². The van der Waals surface area contributed by atoms with Gasteiger partial charge in [0.15, 0.2) is 0 Å². The molecule has 0 aliphatic heterocycles. The highest BCUT2D eigenvalue weighted by molar-refractivity contribution is 6.22. The fourth-order valence-electron chi connectivity index (χ4n) is 1.60. The van der Waals surface area contributed by atoms with Crippen LogP contribution in [0.5, 0.6) is 0 Å². The SMILES string of the molecule is FC1=CC2C=CC(C2)C1Cl. The smallest absolute Gasteiger partial charge is 0.115 e. The average Bonchev–Trinajstić information content (AvgIpc) is 2.29. The van der Waals surface area contributed by atoms with Crippen LogP contribution in [0.4, 0.5) is 4.39 Å². The molecule has 10 heavy (non-hydrogen) atoms. The third-order valence-corrected chi connectivity index (χ3v) is 2.69. The summed E-state index contributed by atoms with van der Waals surface area (Å²) in [6.45, 7) is 0. The van der Waals surface area contributed by atoms with Crippen molar-refractivity contribution >= 4 is 11.6 Å². The highest BCUT2D eigenvalue weighted by Crippen LogP contribution is 2.38. The van der Waals surface area contributed by atoms with Crippen LogP contribution in [0.15, 0.2) is 24.1 Å². The van der Waals surface area contributed by atoms with Crippen LogP contribution >= 0.6 is 11.6 Å². The molecule has 0 aromatic rings. The van der Waals surface area contributed by atoms with Gasteiger partial charge in [-0.1, -0.05) is 12.2 Å². The molecule has 0 radical (unpaired) electrons. The molecular weight excluding hydrogens is 151 g/mol. The third kappa shape index (κ3) is 0.807. The van der Waals surface area contributed by atoms with E-state index in [2.05, 4.69) is 0 Å². The van der Waals surface area contributed by atoms with E-state index in [9.17, 15) is 4.39 Å². The predicted molar refractivity (Wildman–Crippen MR) is 39.6 cm³/mol. The van der Waals surface area contributed by atoms with Crippen LogP contribution in [0.3, 0.4) is 0 Å². The lowest BCUT2D eigenvalue weighted by Crippen LogP contribution is -2.16. The summed E-state index contributed by atoms with van der Waals surface area (Å²) in [4.78, 5) is 0. The zero-order chi connectivity index (χ0) is 7.14. The lowest BCUT2D eigenvalue weighted by atomic mass is 9.93. The second-order valence-corrected chi connectivity index (χ2v) is 3.37. The van der Waals surface area contributed by atoms with Crippen LogP contribution in [0, 0.1) is 11.8 Å². The van der Waals surface area contributed by atoms with Crippen molar-refractivity contribution in [2.45, 2.75) is 11.8 Å². The highest BCUT2D eigenvalue weighted by atomic mass is 35.5. The van der Waals surface area contributed by atoms with E-state index >= 15 is 0 Å². The molecule has 0 N–H and O–H groups in total. The molecule has 0 nitrogen and oxygen atoms in total. The molecular formula is C8H8ClF. The maximum absolute atomic E-state index is 12.8. The Labute approximate surface area is 64.4 Å². The van der Waals surface area contributed by atoms with Gasteiger partial charge in [0.1, 0.15) is 5.83 Å². The monoisotopic (exact) mass is 158 g/mol. The van der Waals surface area contributed by atoms with E-state index in [4.69, 9.17) is 11.6 Å². The van der Waals surface area contributed by atoms with Crippen LogP contribution in [0.2, 0.25) is 0 Å². The Morgan fingerprint density at radius 3 is 3.10 bits per heavy atom. The zero-order valence-electron chi connectivity index (χ0n) is 5.43. The Hall–Kier alpha value is -0.300. The summed E-state index contributed by atoms with van der Waals surface area (Å²) in [7, 11) is 0. The number of fused-ring (bicyclic) bond motifs is 2. The van der Waals surface area contributed by atoms with Gasteiger partial charge < -0.3 is 0 Å². The third-order valence-electron chi connectivity index (χ3n) is 2.16. The largest absolute Gasteiger partial charge is 0.210 e. The van der Waals surface area contributed by atoms with Crippen molar-refractivity contribution in [1.82, 2.24) is 0 Å². The fraction of sp³-hybridized carbons (Fsp3) is 0.500. The molecule has 3 atom stereocenters. The van der Waals surface area contributed by atoms with E-state index in [1.54, 1.807) is 6.08 Å². The molecule has 0 fully saturated rings. The molecule has 0 spiro atoms. The minimum absolute atomic E-state index is 0.145. The lowest BCUT2D eigenvalue weighted by molar-refractivity contribution is 0.462. The van der Waals surface area contributed by atoms with Crippen LogP contribution in [-0.4, -0.2) is 5.38 Å². The summed E-state index contributed by atoms with van der Waals surface area (Å²) in [5.74, 6) is 0.421. The molecule has 0 aromatic carbocycles. The Bertz CT molecular complexity index is 207. The summed E-state index contributed by atoms with van der Waals surface area (Å²) in [6, 6.07) is 0. The Morgan fingerprint density at radius 2 is 2.30 bits per heavy atom. The second-order valence-electron chi connectivity index (χ2n) is 2.90. The lowest BCUT2D eigenvalue weighted by Gasteiger charge is -2.19. The van der Waals surface area contributed by atoms with Crippen molar-refractivity contribution in [2.75, 3.05) is 0 Å². The first-order valence-corrected chi connectivity index (χ1v) is 3.90. The topological polar surface area (TPSA) is 0 Å². The number of rotatable bonds is 0. The summed E-state index contributed by atoms with van der Waals surface area (Å²) >= 11 is 5.77. The summed E-state index contributed by atoms with van der Waals surface area (Å²) < 4.78 is 12.8. The Kier molecular flexibility index (Phi) is 1.34. The zero-order valence-corrected chi connectivity index (χ0v) is 6.18. The number of hydrogen-bond acceptors (Lipinski definition) is 0. The van der Waals surface area contributed by atoms with Gasteiger partial charge in [-0.2, -0.15) is 0 Å². The average molecular weight is 159 g/mol. The molecule has 2 aliphatic carbocycles. The van der Waals surface area contributed by atoms with E-state index in [-0.39, 0.29) is 11.7 Å². The second kappa shape index (κ2) is 2.09. The molecule has 2 heteroatoms. The van der Waals surface area contributed by atoms with Gasteiger partial charge in [-0.3, -0.25) is 0 Å². The quantitative estimate of drug-likeness (QED) is 0.376. The molecule has 2 rings (SSSR count). The van der Waals surface area contributed by atoms with Crippen LogP contribution in [0.25, 0.3) is 0 Å². The highest BCUT2D eigenvalue weighted by Gasteiger charge is 2.31. The molecule has 54 valence electrons. The van der Waals surface area contributed by atoms with Gasteiger partial charge in [-0.25, -0.2) is 4.39 Å². The van der Waals surface area contributed by atoms with Gasteiger partial charge >= 0.3 is 0 Å². The number of allylic oxidation sites excluding steroid dienone is 4. The summed E-state index contributed by atoms with van der Waals surface area (Å²) in [5.41, 5.74) is 0. The van der Waals surface area contributed by atoms with Crippen molar-refractivity contribution in [1.29, 1.82) is 0 Å². The summed E-state index contributed by atoms with van der Waals surface area (Å²) in [6.07, 6.45) is 6.68. The van der Waals surface area contributed by atoms with Gasteiger partial charge in [0, 0.05) is 5.92 Å². The van der Waals surface area contributed by atoms with Crippen LogP contribution in [0.1, 0.15) is 6.42 Å². The Morgan fingerprint density at radius 1 is 1.50 bits per heavy atom.